The number of hydrogen-bond acceptors (Lipinski definition) is 4. The number of nitrogens with zero attached hydrogens (tertiary/aromatic N) is 1. The average molecular weight is 438 g/mol. The van der Waals surface area contributed by atoms with Crippen molar-refractivity contribution in [1.82, 2.24) is 4.57 Å². The van der Waals surface area contributed by atoms with Crippen molar-refractivity contribution in [3.63, 3.8) is 0 Å². The van der Waals surface area contributed by atoms with Crippen molar-refractivity contribution in [3.05, 3.63) is 57.7 Å². The molecule has 1 heterocycles. The number of aromatic nitrogens is 1. The first-order valence-corrected chi connectivity index (χ1v) is 9.79. The smallest absolute Gasteiger partial charge is 0.356 e. The standard InChI is InChI=1S/C21H21Cl2NO5/c1-3-28-8-9-29-20-15-11-14(27-2)5-7-18(15)24(19(20)21(25)26)12-13-4-6-16(22)17(23)10-13/h4-7,10-11H,3,8-9,12H2,1-2H3,(H,25,26). The minimum atomic E-state index is -1.09. The molecule has 0 fully saturated rings. The van der Waals surface area contributed by atoms with Crippen LogP contribution in [0.4, 0.5) is 0 Å². The summed E-state index contributed by atoms with van der Waals surface area (Å²) in [5.41, 5.74) is 1.58. The van der Waals surface area contributed by atoms with Crippen LogP contribution < -0.4 is 9.47 Å². The molecule has 0 aliphatic heterocycles. The van der Waals surface area contributed by atoms with Crippen molar-refractivity contribution in [1.29, 1.82) is 0 Å². The molecule has 6 nitrogen and oxygen atoms in total. The van der Waals surface area contributed by atoms with E-state index in [1.807, 2.05) is 19.1 Å². The first-order chi connectivity index (χ1) is 14.0. The van der Waals surface area contributed by atoms with E-state index in [9.17, 15) is 9.90 Å². The molecule has 1 N–H and O–H groups in total. The molecule has 8 heteroatoms. The Kier molecular flexibility index (Phi) is 6.90. The van der Waals surface area contributed by atoms with Gasteiger partial charge >= 0.3 is 5.97 Å². The molecule has 0 saturated carbocycles. The van der Waals surface area contributed by atoms with Gasteiger partial charge in [0.05, 0.1) is 29.3 Å². The van der Waals surface area contributed by atoms with Crippen LogP contribution in [0.5, 0.6) is 11.5 Å². The van der Waals surface area contributed by atoms with Gasteiger partial charge in [0, 0.05) is 18.5 Å². The molecule has 0 unspecified atom stereocenters. The van der Waals surface area contributed by atoms with Crippen molar-refractivity contribution in [2.24, 2.45) is 0 Å². The molecule has 0 aliphatic rings. The SMILES string of the molecule is CCOCCOc1c(C(=O)O)n(Cc2ccc(Cl)c(Cl)c2)c2ccc(OC)cc12. The largest absolute Gasteiger partial charge is 0.497 e. The van der Waals surface area contributed by atoms with Crippen molar-refractivity contribution in [2.45, 2.75) is 13.5 Å². The fourth-order valence-electron chi connectivity index (χ4n) is 3.12. The zero-order valence-corrected chi connectivity index (χ0v) is 17.6. The van der Waals surface area contributed by atoms with Crippen LogP contribution in [-0.2, 0) is 11.3 Å². The van der Waals surface area contributed by atoms with Crippen LogP contribution in [0.1, 0.15) is 23.0 Å². The third-order valence-corrected chi connectivity index (χ3v) is 5.17. The highest BCUT2D eigenvalue weighted by Gasteiger charge is 2.24. The lowest BCUT2D eigenvalue weighted by molar-refractivity contribution is 0.0676. The fraction of sp³-hybridized carbons (Fsp3) is 0.286. The van der Waals surface area contributed by atoms with E-state index in [4.69, 9.17) is 37.4 Å². The van der Waals surface area contributed by atoms with E-state index in [1.165, 1.54) is 0 Å². The zero-order valence-electron chi connectivity index (χ0n) is 16.1. The minimum Gasteiger partial charge on any atom is -0.497 e. The lowest BCUT2D eigenvalue weighted by atomic mass is 10.2. The van der Waals surface area contributed by atoms with Crippen LogP contribution in [-0.4, -0.2) is 42.6 Å². The van der Waals surface area contributed by atoms with Gasteiger partial charge in [0.15, 0.2) is 11.4 Å². The molecule has 154 valence electrons. The third kappa shape index (κ3) is 4.61. The van der Waals surface area contributed by atoms with Gasteiger partial charge in [0.2, 0.25) is 0 Å². The molecular weight excluding hydrogens is 417 g/mol. The van der Waals surface area contributed by atoms with Crippen LogP contribution in [0.2, 0.25) is 10.0 Å². The number of carbonyl (C=O) groups is 1. The van der Waals surface area contributed by atoms with Crippen LogP contribution >= 0.6 is 23.2 Å². The van der Waals surface area contributed by atoms with E-state index in [-0.39, 0.29) is 24.6 Å². The number of halogens is 2. The lowest BCUT2D eigenvalue weighted by Crippen LogP contribution is -2.13. The summed E-state index contributed by atoms with van der Waals surface area (Å²) in [5, 5.41) is 11.4. The quantitative estimate of drug-likeness (QED) is 0.470. The number of hydrogen-bond donors (Lipinski definition) is 1. The Morgan fingerprint density at radius 3 is 2.55 bits per heavy atom. The normalized spacial score (nSPS) is 11.0. The number of carboxylic acid groups (broad SMARTS) is 1. The monoisotopic (exact) mass is 437 g/mol. The predicted octanol–water partition coefficient (Wildman–Crippen LogP) is 5.12. The Labute approximate surface area is 178 Å². The molecule has 1 aromatic heterocycles. The minimum absolute atomic E-state index is 0.0517. The molecular formula is C21H21Cl2NO5. The zero-order chi connectivity index (χ0) is 21.0. The second-order valence-electron chi connectivity index (χ2n) is 6.25. The Hall–Kier alpha value is -2.41. The van der Waals surface area contributed by atoms with E-state index < -0.39 is 5.97 Å². The van der Waals surface area contributed by atoms with E-state index in [2.05, 4.69) is 0 Å². The van der Waals surface area contributed by atoms with Crippen molar-refractivity contribution >= 4 is 40.1 Å². The maximum absolute atomic E-state index is 12.2. The van der Waals surface area contributed by atoms with Crippen molar-refractivity contribution in [2.75, 3.05) is 26.9 Å². The van der Waals surface area contributed by atoms with Gasteiger partial charge in [-0.25, -0.2) is 4.79 Å². The molecule has 0 radical (unpaired) electrons. The molecule has 3 rings (SSSR count). The van der Waals surface area contributed by atoms with Gasteiger partial charge in [-0.05, 0) is 42.8 Å². The molecule has 0 saturated heterocycles. The number of aromatic carboxylic acids is 1. The van der Waals surface area contributed by atoms with Gasteiger partial charge in [-0.15, -0.1) is 0 Å². The molecule has 2 aromatic carbocycles. The Bertz CT molecular complexity index is 1030. The molecule has 0 atom stereocenters. The molecule has 0 amide bonds. The predicted molar refractivity (Wildman–Crippen MR) is 113 cm³/mol. The number of rotatable bonds is 9. The van der Waals surface area contributed by atoms with E-state index in [1.54, 1.807) is 35.9 Å². The molecule has 29 heavy (non-hydrogen) atoms. The van der Waals surface area contributed by atoms with Gasteiger partial charge < -0.3 is 23.9 Å². The maximum Gasteiger partial charge on any atom is 0.356 e. The first-order valence-electron chi connectivity index (χ1n) is 9.04. The maximum atomic E-state index is 12.2. The van der Waals surface area contributed by atoms with E-state index in [0.29, 0.717) is 39.9 Å². The Morgan fingerprint density at radius 2 is 1.90 bits per heavy atom. The summed E-state index contributed by atoms with van der Waals surface area (Å²) in [7, 11) is 1.56. The lowest BCUT2D eigenvalue weighted by Gasteiger charge is -2.10. The van der Waals surface area contributed by atoms with Crippen LogP contribution in [0, 0.1) is 0 Å². The number of ether oxygens (including phenoxy) is 3. The molecule has 0 aliphatic carbocycles. The summed E-state index contributed by atoms with van der Waals surface area (Å²) in [6.07, 6.45) is 0. The summed E-state index contributed by atoms with van der Waals surface area (Å²) in [4.78, 5) is 12.2. The summed E-state index contributed by atoms with van der Waals surface area (Å²) in [5.74, 6) is -0.200. The average Bonchev–Trinajstić information content (AvgIpc) is 3.01. The van der Waals surface area contributed by atoms with E-state index in [0.717, 1.165) is 5.56 Å². The van der Waals surface area contributed by atoms with Gasteiger partial charge in [0.1, 0.15) is 12.4 Å². The van der Waals surface area contributed by atoms with Crippen LogP contribution in [0.25, 0.3) is 10.9 Å². The summed E-state index contributed by atoms with van der Waals surface area (Å²) >= 11 is 12.1. The van der Waals surface area contributed by atoms with Gasteiger partial charge in [-0.2, -0.15) is 0 Å². The highest BCUT2D eigenvalue weighted by Crippen LogP contribution is 2.37. The van der Waals surface area contributed by atoms with Gasteiger partial charge in [0.25, 0.3) is 0 Å². The second kappa shape index (κ2) is 9.39. The first kappa shape index (κ1) is 21.3. The molecule has 3 aromatic rings. The van der Waals surface area contributed by atoms with Crippen LogP contribution in [0.3, 0.4) is 0 Å². The number of methoxy groups -OCH3 is 1. The summed E-state index contributed by atoms with van der Waals surface area (Å²) in [6, 6.07) is 10.6. The second-order valence-corrected chi connectivity index (χ2v) is 7.06. The number of fused-ring (bicyclic) bond motifs is 1. The highest BCUT2D eigenvalue weighted by molar-refractivity contribution is 6.42. The Morgan fingerprint density at radius 1 is 1.10 bits per heavy atom. The summed E-state index contributed by atoms with van der Waals surface area (Å²) in [6.45, 7) is 3.32. The van der Waals surface area contributed by atoms with Crippen molar-refractivity contribution < 1.29 is 24.1 Å². The number of benzene rings is 2. The molecule has 0 bridgehead atoms. The van der Waals surface area contributed by atoms with Gasteiger partial charge in [-0.3, -0.25) is 0 Å². The summed E-state index contributed by atoms with van der Waals surface area (Å²) < 4.78 is 18.1. The third-order valence-electron chi connectivity index (χ3n) is 4.43. The topological polar surface area (TPSA) is 69.9 Å². The fourth-order valence-corrected chi connectivity index (χ4v) is 3.44. The molecule has 0 spiro atoms. The van der Waals surface area contributed by atoms with Crippen molar-refractivity contribution in [3.8, 4) is 11.5 Å². The Balaban J connectivity index is 2.12. The van der Waals surface area contributed by atoms with Crippen LogP contribution in [0.15, 0.2) is 36.4 Å². The van der Waals surface area contributed by atoms with Gasteiger partial charge in [-0.1, -0.05) is 29.3 Å². The number of carboxylic acids is 1. The van der Waals surface area contributed by atoms with E-state index >= 15 is 0 Å². The highest BCUT2D eigenvalue weighted by atomic mass is 35.5.